The van der Waals surface area contributed by atoms with E-state index in [1.165, 1.54) is 0 Å². The molecule has 3 aromatic rings. The number of aromatic nitrogens is 2. The highest BCUT2D eigenvalue weighted by Crippen LogP contribution is 2.26. The lowest BCUT2D eigenvalue weighted by molar-refractivity contribution is 0.201. The van der Waals surface area contributed by atoms with Crippen LogP contribution in [0.1, 0.15) is 32.0 Å². The number of hydrogen-bond donors (Lipinski definition) is 4. The molecule has 0 saturated heterocycles. The number of urea groups is 1. The maximum absolute atomic E-state index is 12.7. The number of hydrogen-bond acceptors (Lipinski definition) is 4. The van der Waals surface area contributed by atoms with Crippen LogP contribution in [0.5, 0.6) is 0 Å². The fraction of sp³-hybridized carbons (Fsp3) is 0.200. The Morgan fingerprint density at radius 1 is 1.06 bits per heavy atom. The van der Waals surface area contributed by atoms with Crippen LogP contribution in [-0.4, -0.2) is 27.1 Å². The van der Waals surface area contributed by atoms with Gasteiger partial charge in [0.1, 0.15) is 12.0 Å². The van der Waals surface area contributed by atoms with Crippen LogP contribution >= 0.6 is 0 Å². The molecule has 0 radical (unpaired) electrons. The molecule has 1 unspecified atom stereocenters. The molecule has 0 fully saturated rings. The first-order chi connectivity index (χ1) is 15.3. The van der Waals surface area contributed by atoms with Gasteiger partial charge in [-0.05, 0) is 41.5 Å². The molecule has 164 valence electrons. The number of rotatable bonds is 4. The zero-order valence-corrected chi connectivity index (χ0v) is 18.3. The summed E-state index contributed by atoms with van der Waals surface area (Å²) < 4.78 is 1.74. The van der Waals surface area contributed by atoms with Crippen LogP contribution < -0.4 is 16.0 Å². The Kier molecular flexibility index (Phi) is 5.83. The molecule has 0 saturated carbocycles. The van der Waals surface area contributed by atoms with E-state index in [9.17, 15) is 9.90 Å². The Bertz CT molecular complexity index is 1160. The average Bonchev–Trinajstić information content (AvgIpc) is 3.20. The molecule has 1 atom stereocenters. The van der Waals surface area contributed by atoms with Crippen molar-refractivity contribution in [1.29, 1.82) is 0 Å². The van der Waals surface area contributed by atoms with E-state index in [-0.39, 0.29) is 11.4 Å². The van der Waals surface area contributed by atoms with Crippen LogP contribution in [0.25, 0.3) is 11.3 Å². The predicted molar refractivity (Wildman–Crippen MR) is 128 cm³/mol. The second kappa shape index (κ2) is 8.72. The first-order valence-electron chi connectivity index (χ1n) is 10.5. The van der Waals surface area contributed by atoms with Crippen molar-refractivity contribution in [3.63, 3.8) is 0 Å². The zero-order valence-electron chi connectivity index (χ0n) is 18.3. The minimum atomic E-state index is -0.661. The highest BCUT2D eigenvalue weighted by atomic mass is 16.3. The summed E-state index contributed by atoms with van der Waals surface area (Å²) in [5, 5.41) is 22.8. The third-order valence-corrected chi connectivity index (χ3v) is 5.06. The number of benzene rings is 2. The van der Waals surface area contributed by atoms with Crippen molar-refractivity contribution in [2.75, 3.05) is 10.6 Å². The largest absolute Gasteiger partial charge is 0.370 e. The number of para-hydroxylation sites is 1. The molecule has 2 aromatic carbocycles. The molecule has 7 nitrogen and oxygen atoms in total. The molecule has 0 spiro atoms. The predicted octanol–water partition coefficient (Wildman–Crippen LogP) is 4.63. The lowest BCUT2D eigenvalue weighted by Crippen LogP contribution is -2.23. The fourth-order valence-electron chi connectivity index (χ4n) is 3.28. The molecule has 4 N–H and O–H groups in total. The Balaban J connectivity index is 1.49. The maximum Gasteiger partial charge on any atom is 0.324 e. The lowest BCUT2D eigenvalue weighted by Gasteiger charge is -2.14. The van der Waals surface area contributed by atoms with Gasteiger partial charge in [0.05, 0.1) is 11.4 Å². The summed E-state index contributed by atoms with van der Waals surface area (Å²) in [5.74, 6) is 0.595. The Labute approximate surface area is 187 Å². The van der Waals surface area contributed by atoms with Gasteiger partial charge in [-0.3, -0.25) is 5.32 Å². The Hall–Kier alpha value is -3.84. The van der Waals surface area contributed by atoms with Crippen molar-refractivity contribution in [1.82, 2.24) is 15.1 Å². The number of carbonyl (C=O) groups excluding carboxylic acids is 1. The summed E-state index contributed by atoms with van der Waals surface area (Å²) in [4.78, 5) is 12.7. The molecule has 1 aliphatic rings. The van der Waals surface area contributed by atoms with E-state index in [0.717, 1.165) is 22.5 Å². The smallest absolute Gasteiger partial charge is 0.324 e. The van der Waals surface area contributed by atoms with Gasteiger partial charge < -0.3 is 15.7 Å². The summed E-state index contributed by atoms with van der Waals surface area (Å²) >= 11 is 0. The van der Waals surface area contributed by atoms with Crippen LogP contribution in [-0.2, 0) is 5.41 Å². The van der Waals surface area contributed by atoms with Crippen LogP contribution in [0.2, 0.25) is 0 Å². The number of carbonyl (C=O) groups is 1. The molecule has 2 amide bonds. The highest BCUT2D eigenvalue weighted by Gasteiger charge is 2.21. The summed E-state index contributed by atoms with van der Waals surface area (Å²) in [7, 11) is 0. The minimum absolute atomic E-state index is 0.157. The standard InChI is InChI=1S/C25H27N5O2/c1-25(2,3)21-15-22(30(29-21)20-7-5-4-6-8-20)28-24(32)27-19-12-9-17(10-13-19)18-11-14-23(31)26-16-18/h4-16,23,26,31H,1-3H3,(H2,27,28,32). The number of nitrogens with zero attached hydrogens (tertiary/aromatic N) is 2. The quantitative estimate of drug-likeness (QED) is 0.487. The number of aliphatic hydroxyl groups excluding tert-OH is 1. The van der Waals surface area contributed by atoms with Gasteiger partial charge in [0.15, 0.2) is 0 Å². The number of dihydropyridines is 1. The van der Waals surface area contributed by atoms with Gasteiger partial charge in [0.2, 0.25) is 0 Å². The van der Waals surface area contributed by atoms with Crippen molar-refractivity contribution in [2.24, 2.45) is 0 Å². The monoisotopic (exact) mass is 429 g/mol. The normalized spacial score (nSPS) is 15.6. The molecular weight excluding hydrogens is 402 g/mol. The van der Waals surface area contributed by atoms with E-state index in [2.05, 4.69) is 36.7 Å². The Morgan fingerprint density at radius 3 is 2.41 bits per heavy atom. The second-order valence-electron chi connectivity index (χ2n) is 8.64. The van der Waals surface area contributed by atoms with E-state index in [4.69, 9.17) is 5.10 Å². The SMILES string of the molecule is CC(C)(C)c1cc(NC(=O)Nc2ccc(C3=CNC(O)C=C3)cc2)n(-c2ccccc2)n1. The third kappa shape index (κ3) is 4.90. The molecule has 7 heteroatoms. The first kappa shape index (κ1) is 21.4. The van der Waals surface area contributed by atoms with E-state index in [1.54, 1.807) is 17.0 Å². The lowest BCUT2D eigenvalue weighted by atomic mass is 9.92. The summed E-state index contributed by atoms with van der Waals surface area (Å²) in [5.41, 5.74) is 4.19. The number of anilines is 2. The number of nitrogens with one attached hydrogen (secondary N) is 3. The van der Waals surface area contributed by atoms with Gasteiger partial charge in [-0.25, -0.2) is 9.48 Å². The summed E-state index contributed by atoms with van der Waals surface area (Å²) in [6.07, 6.45) is 4.63. The van der Waals surface area contributed by atoms with Crippen molar-refractivity contribution < 1.29 is 9.90 Å². The zero-order chi connectivity index (χ0) is 22.7. The summed E-state index contributed by atoms with van der Waals surface area (Å²) in [6.45, 7) is 6.26. The minimum Gasteiger partial charge on any atom is -0.370 e. The van der Waals surface area contributed by atoms with Crippen molar-refractivity contribution in [3.05, 3.63) is 90.3 Å². The topological polar surface area (TPSA) is 91.2 Å². The van der Waals surface area contributed by atoms with Crippen molar-refractivity contribution in [3.8, 4) is 5.69 Å². The molecule has 0 aliphatic carbocycles. The van der Waals surface area contributed by atoms with E-state index in [1.807, 2.05) is 66.7 Å². The van der Waals surface area contributed by atoms with Gasteiger partial charge in [-0.15, -0.1) is 0 Å². The molecule has 0 bridgehead atoms. The van der Waals surface area contributed by atoms with Crippen LogP contribution in [0.4, 0.5) is 16.3 Å². The van der Waals surface area contributed by atoms with Crippen LogP contribution in [0.15, 0.2) is 79.0 Å². The second-order valence-corrected chi connectivity index (χ2v) is 8.64. The van der Waals surface area contributed by atoms with Gasteiger partial charge in [0, 0.05) is 23.4 Å². The van der Waals surface area contributed by atoms with E-state index < -0.39 is 6.23 Å². The first-order valence-corrected chi connectivity index (χ1v) is 10.5. The fourth-order valence-corrected chi connectivity index (χ4v) is 3.28. The number of aliphatic hydroxyl groups is 1. The molecular formula is C25H27N5O2. The van der Waals surface area contributed by atoms with Crippen molar-refractivity contribution >= 4 is 23.1 Å². The van der Waals surface area contributed by atoms with Crippen molar-refractivity contribution in [2.45, 2.75) is 32.4 Å². The molecule has 1 aliphatic heterocycles. The van der Waals surface area contributed by atoms with E-state index in [0.29, 0.717) is 11.5 Å². The Morgan fingerprint density at radius 2 is 1.78 bits per heavy atom. The summed E-state index contributed by atoms with van der Waals surface area (Å²) in [6, 6.07) is 18.8. The van der Waals surface area contributed by atoms with Crippen LogP contribution in [0, 0.1) is 0 Å². The van der Waals surface area contributed by atoms with E-state index >= 15 is 0 Å². The number of allylic oxidation sites excluding steroid dienone is 2. The molecule has 2 heterocycles. The molecule has 4 rings (SSSR count). The maximum atomic E-state index is 12.7. The van der Waals surface area contributed by atoms with Gasteiger partial charge in [0.25, 0.3) is 0 Å². The molecule has 1 aromatic heterocycles. The van der Waals surface area contributed by atoms with Gasteiger partial charge in [-0.1, -0.05) is 57.2 Å². The molecule has 32 heavy (non-hydrogen) atoms. The highest BCUT2D eigenvalue weighted by molar-refractivity contribution is 5.99. The van der Waals surface area contributed by atoms with Gasteiger partial charge >= 0.3 is 6.03 Å². The number of amides is 2. The van der Waals surface area contributed by atoms with Gasteiger partial charge in [-0.2, -0.15) is 5.10 Å². The van der Waals surface area contributed by atoms with Crippen LogP contribution in [0.3, 0.4) is 0 Å². The average molecular weight is 430 g/mol. The third-order valence-electron chi connectivity index (χ3n) is 5.06.